The second-order valence-corrected chi connectivity index (χ2v) is 15.8. The molecule has 12 nitrogen and oxygen atoms in total. The van der Waals surface area contributed by atoms with Gasteiger partial charge >= 0.3 is 0 Å². The first-order valence-corrected chi connectivity index (χ1v) is 16.8. The molecule has 4 N–H and O–H groups in total. The van der Waals surface area contributed by atoms with E-state index >= 15 is 0 Å². The maximum atomic E-state index is 14.4. The third-order valence-corrected chi connectivity index (χ3v) is 9.03. The molecule has 1 saturated heterocycles. The van der Waals surface area contributed by atoms with Crippen molar-refractivity contribution in [2.45, 2.75) is 112 Å². The van der Waals surface area contributed by atoms with Crippen molar-refractivity contribution in [2.24, 2.45) is 27.8 Å². The van der Waals surface area contributed by atoms with E-state index in [1.54, 1.807) is 7.11 Å². The minimum atomic E-state index is -1.02. The second-order valence-electron chi connectivity index (χ2n) is 15.8. The van der Waals surface area contributed by atoms with E-state index in [4.69, 9.17) is 4.74 Å². The van der Waals surface area contributed by atoms with E-state index in [1.807, 2.05) is 67.5 Å². The summed E-state index contributed by atoms with van der Waals surface area (Å²) in [6, 6.07) is 0.803. The standard InChI is InChI=1S/C36H55N5O7/c1-20-13-24(14-21(2)30(20)48-10)25(40-47)16-23-17-27(32(44)38-26(15-22-11-12-22)29(43)33(45)37-9)41(19-23)34(46)31(36(6,7)8)39-28(42)18-35(3,4)5/h13-14,22-23,26-27,31,47H,11-12,15-19H2,1-10H3,(H,37,45)(H,38,44)(H,39,42)/b40-25+/t23-,26-,27-,31+/m0/s1. The molecule has 1 aliphatic heterocycles. The Kier molecular flexibility index (Phi) is 12.4. The molecule has 0 radical (unpaired) electrons. The van der Waals surface area contributed by atoms with Crippen LogP contribution in [0.2, 0.25) is 0 Å². The van der Waals surface area contributed by atoms with Crippen LogP contribution in [0.25, 0.3) is 0 Å². The molecule has 48 heavy (non-hydrogen) atoms. The minimum absolute atomic E-state index is 0.155. The number of ether oxygens (including phenoxy) is 1. The van der Waals surface area contributed by atoms with Crippen LogP contribution >= 0.6 is 0 Å². The van der Waals surface area contributed by atoms with Crippen LogP contribution < -0.4 is 20.7 Å². The lowest BCUT2D eigenvalue weighted by atomic mass is 9.84. The number of ketones is 1. The number of carbonyl (C=O) groups is 5. The number of rotatable bonds is 13. The first-order valence-electron chi connectivity index (χ1n) is 16.8. The minimum Gasteiger partial charge on any atom is -0.496 e. The quantitative estimate of drug-likeness (QED) is 0.108. The van der Waals surface area contributed by atoms with Gasteiger partial charge in [-0.25, -0.2) is 0 Å². The fourth-order valence-electron chi connectivity index (χ4n) is 6.47. The van der Waals surface area contributed by atoms with Crippen molar-refractivity contribution < 1.29 is 33.9 Å². The number of likely N-dealkylation sites (N-methyl/N-ethyl adjacent to an activating group) is 1. The Hall–Kier alpha value is -3.96. The van der Waals surface area contributed by atoms with Gasteiger partial charge in [0.25, 0.3) is 5.91 Å². The zero-order valence-corrected chi connectivity index (χ0v) is 30.3. The molecule has 1 heterocycles. The van der Waals surface area contributed by atoms with E-state index in [9.17, 15) is 29.2 Å². The predicted octanol–water partition coefficient (Wildman–Crippen LogP) is 3.66. The van der Waals surface area contributed by atoms with Crippen molar-refractivity contribution in [1.82, 2.24) is 20.9 Å². The predicted molar refractivity (Wildman–Crippen MR) is 183 cm³/mol. The van der Waals surface area contributed by atoms with E-state index in [0.29, 0.717) is 17.7 Å². The number of nitrogens with zero attached hydrogens (tertiary/aromatic N) is 2. The second kappa shape index (κ2) is 15.5. The molecule has 2 fully saturated rings. The van der Waals surface area contributed by atoms with Crippen molar-refractivity contribution in [3.63, 3.8) is 0 Å². The van der Waals surface area contributed by atoms with Crippen molar-refractivity contribution in [1.29, 1.82) is 0 Å². The fraction of sp³-hybridized carbons (Fsp3) is 0.667. The van der Waals surface area contributed by atoms with Crippen molar-refractivity contribution in [2.75, 3.05) is 20.7 Å². The van der Waals surface area contributed by atoms with Crippen LogP contribution in [0.1, 0.15) is 96.8 Å². The number of likely N-dealkylation sites (tertiary alicyclic amines) is 1. The Balaban J connectivity index is 1.96. The molecule has 2 aliphatic rings. The van der Waals surface area contributed by atoms with Crippen molar-refractivity contribution >= 4 is 35.1 Å². The summed E-state index contributed by atoms with van der Waals surface area (Å²) >= 11 is 0. The lowest BCUT2D eigenvalue weighted by Gasteiger charge is -2.36. The van der Waals surface area contributed by atoms with Crippen LogP contribution in [0.4, 0.5) is 0 Å². The SMILES string of the molecule is CNC(=O)C(=O)[C@H](CC1CC1)NC(=O)[C@@H]1C[C@H](C/C(=N\O)c2cc(C)c(OC)c(C)c2)CN1C(=O)[C@@H](NC(=O)CC(C)(C)C)C(C)(C)C. The van der Waals surface area contributed by atoms with Gasteiger partial charge in [0.05, 0.1) is 18.9 Å². The third kappa shape index (κ3) is 10.0. The summed E-state index contributed by atoms with van der Waals surface area (Å²) in [5, 5.41) is 21.8. The summed E-state index contributed by atoms with van der Waals surface area (Å²) in [5.41, 5.74) is 1.84. The number of Topliss-reactive ketones (excluding diaryl/α,β-unsaturated/α-hetero) is 1. The van der Waals surface area contributed by atoms with Gasteiger partial charge in [-0.2, -0.15) is 0 Å². The maximum Gasteiger partial charge on any atom is 0.289 e. The molecule has 1 aliphatic carbocycles. The zero-order chi connectivity index (χ0) is 36.1. The summed E-state index contributed by atoms with van der Waals surface area (Å²) in [4.78, 5) is 68.3. The molecular formula is C36H55N5O7. The number of nitrogens with one attached hydrogen (secondary N) is 3. The van der Waals surface area contributed by atoms with Crippen LogP contribution in [-0.4, -0.2) is 84.1 Å². The van der Waals surface area contributed by atoms with E-state index in [-0.39, 0.29) is 49.0 Å². The van der Waals surface area contributed by atoms with E-state index in [1.165, 1.54) is 11.9 Å². The Morgan fingerprint density at radius 3 is 2.08 bits per heavy atom. The number of benzene rings is 1. The van der Waals surface area contributed by atoms with Gasteiger partial charge in [0.1, 0.15) is 17.8 Å². The molecule has 0 bridgehead atoms. The molecule has 1 aromatic rings. The molecule has 12 heteroatoms. The summed E-state index contributed by atoms with van der Waals surface area (Å²) in [7, 11) is 2.96. The smallest absolute Gasteiger partial charge is 0.289 e. The molecule has 1 saturated carbocycles. The zero-order valence-electron chi connectivity index (χ0n) is 30.3. The van der Waals surface area contributed by atoms with Gasteiger partial charge in [-0.1, -0.05) is 59.5 Å². The molecule has 0 unspecified atom stereocenters. The largest absolute Gasteiger partial charge is 0.496 e. The van der Waals surface area contributed by atoms with Gasteiger partial charge in [-0.05, 0) is 79.0 Å². The van der Waals surface area contributed by atoms with Crippen LogP contribution in [0.15, 0.2) is 17.3 Å². The molecule has 1 aromatic carbocycles. The molecule has 0 spiro atoms. The Bertz CT molecular complexity index is 1400. The fourth-order valence-corrected chi connectivity index (χ4v) is 6.47. The number of oxime groups is 1. The molecule has 3 rings (SSSR count). The number of hydrogen-bond acceptors (Lipinski definition) is 8. The molecule has 4 atom stereocenters. The topological polar surface area (TPSA) is 166 Å². The molecule has 0 aromatic heterocycles. The summed E-state index contributed by atoms with van der Waals surface area (Å²) in [5.74, 6) is -2.06. The van der Waals surface area contributed by atoms with Gasteiger partial charge in [0.15, 0.2) is 0 Å². The number of aryl methyl sites for hydroxylation is 2. The Morgan fingerprint density at radius 2 is 1.60 bits per heavy atom. The molecule has 266 valence electrons. The summed E-state index contributed by atoms with van der Waals surface area (Å²) in [6.07, 6.45) is 2.86. The van der Waals surface area contributed by atoms with Gasteiger partial charge in [-0.3, -0.25) is 24.0 Å². The lowest BCUT2D eigenvalue weighted by Crippen LogP contribution is -2.59. The first-order chi connectivity index (χ1) is 22.3. The maximum absolute atomic E-state index is 14.4. The highest BCUT2D eigenvalue weighted by atomic mass is 16.5. The van der Waals surface area contributed by atoms with E-state index in [2.05, 4.69) is 21.1 Å². The van der Waals surface area contributed by atoms with Crippen molar-refractivity contribution in [3.05, 3.63) is 28.8 Å². The van der Waals surface area contributed by atoms with Gasteiger partial charge in [0.2, 0.25) is 23.5 Å². The first kappa shape index (κ1) is 38.5. The van der Waals surface area contributed by atoms with Gasteiger partial charge < -0.3 is 30.8 Å². The van der Waals surface area contributed by atoms with Crippen LogP contribution in [0, 0.1) is 36.5 Å². The number of hydrogen-bond donors (Lipinski definition) is 4. The highest BCUT2D eigenvalue weighted by Gasteiger charge is 2.46. The highest BCUT2D eigenvalue weighted by molar-refractivity contribution is 6.38. The number of carbonyl (C=O) groups excluding carboxylic acids is 5. The lowest BCUT2D eigenvalue weighted by molar-refractivity contribution is -0.145. The third-order valence-electron chi connectivity index (χ3n) is 9.03. The Labute approximate surface area is 284 Å². The summed E-state index contributed by atoms with van der Waals surface area (Å²) < 4.78 is 5.49. The van der Waals surface area contributed by atoms with Crippen LogP contribution in [-0.2, 0) is 24.0 Å². The Morgan fingerprint density at radius 1 is 1.00 bits per heavy atom. The molecule has 4 amide bonds. The molecular weight excluding hydrogens is 614 g/mol. The monoisotopic (exact) mass is 669 g/mol. The van der Waals surface area contributed by atoms with E-state index in [0.717, 1.165) is 29.7 Å². The summed E-state index contributed by atoms with van der Waals surface area (Å²) in [6.45, 7) is 15.3. The average molecular weight is 670 g/mol. The highest BCUT2D eigenvalue weighted by Crippen LogP contribution is 2.35. The number of methoxy groups -OCH3 is 1. The van der Waals surface area contributed by atoms with Crippen molar-refractivity contribution in [3.8, 4) is 5.75 Å². The van der Waals surface area contributed by atoms with E-state index < -0.39 is 47.0 Å². The number of amides is 4. The van der Waals surface area contributed by atoms with Crippen LogP contribution in [0.3, 0.4) is 0 Å². The van der Waals surface area contributed by atoms with Gasteiger partial charge in [-0.15, -0.1) is 0 Å². The van der Waals surface area contributed by atoms with Gasteiger partial charge in [0, 0.05) is 25.6 Å². The average Bonchev–Trinajstić information content (AvgIpc) is 3.70. The van der Waals surface area contributed by atoms with Crippen LogP contribution in [0.5, 0.6) is 5.75 Å². The normalized spacial score (nSPS) is 19.7.